The Kier molecular flexibility index (Phi) is 37.5. The zero-order valence-corrected chi connectivity index (χ0v) is 35.9. The highest BCUT2D eigenvalue weighted by atomic mass is 31.2. The monoisotopic (exact) mass is 812 g/mol. The minimum atomic E-state index is -4.73. The lowest BCUT2D eigenvalue weighted by Crippen LogP contribution is -2.34. The van der Waals surface area contributed by atoms with Crippen molar-refractivity contribution >= 4 is 25.7 Å². The fourth-order valence-electron chi connectivity index (χ4n) is 5.59. The number of nitrogens with two attached hydrogens (primary N) is 1. The lowest BCUT2D eigenvalue weighted by Gasteiger charge is -2.20. The summed E-state index contributed by atoms with van der Waals surface area (Å²) in [4.78, 5) is 45.9. The molecule has 0 saturated heterocycles. The number of hydrogen-bond acceptors (Lipinski definition) is 9. The number of esters is 2. The minimum absolute atomic E-state index is 0.111. The number of ether oxygens (including phenoxy) is 2. The molecule has 0 aromatic rings. The minimum Gasteiger partial charge on any atom is -0.480 e. The molecule has 0 aliphatic heterocycles. The molecule has 0 aliphatic rings. The van der Waals surface area contributed by atoms with Crippen LogP contribution in [0.4, 0.5) is 0 Å². The van der Waals surface area contributed by atoms with Crippen LogP contribution in [0.15, 0.2) is 48.6 Å². The molecule has 0 spiro atoms. The first-order valence-electron chi connectivity index (χ1n) is 21.7. The number of carboxylic acid groups (broad SMARTS) is 1. The van der Waals surface area contributed by atoms with Gasteiger partial charge in [0, 0.05) is 12.8 Å². The molecule has 0 saturated carbocycles. The molecular formula is C44H78NO10P. The maximum absolute atomic E-state index is 12.6. The van der Waals surface area contributed by atoms with E-state index in [4.69, 9.17) is 24.8 Å². The first-order valence-corrected chi connectivity index (χ1v) is 23.2. The largest absolute Gasteiger partial charge is 0.480 e. The van der Waals surface area contributed by atoms with Crippen molar-refractivity contribution in [3.8, 4) is 0 Å². The van der Waals surface area contributed by atoms with Crippen LogP contribution in [-0.4, -0.2) is 59.9 Å². The van der Waals surface area contributed by atoms with Crippen LogP contribution in [0, 0.1) is 0 Å². The van der Waals surface area contributed by atoms with Gasteiger partial charge in [0.2, 0.25) is 0 Å². The van der Waals surface area contributed by atoms with Crippen LogP contribution < -0.4 is 5.73 Å². The summed E-state index contributed by atoms with van der Waals surface area (Å²) in [5.74, 6) is -2.43. The summed E-state index contributed by atoms with van der Waals surface area (Å²) in [6.45, 7) is 2.72. The quantitative estimate of drug-likeness (QED) is 0.0233. The van der Waals surface area contributed by atoms with Gasteiger partial charge in [0.25, 0.3) is 0 Å². The van der Waals surface area contributed by atoms with Crippen LogP contribution >= 0.6 is 7.82 Å². The maximum Gasteiger partial charge on any atom is 0.472 e. The fourth-order valence-corrected chi connectivity index (χ4v) is 6.37. The average Bonchev–Trinajstić information content (AvgIpc) is 3.17. The van der Waals surface area contributed by atoms with Crippen LogP contribution in [0.5, 0.6) is 0 Å². The first kappa shape index (κ1) is 53.4. The van der Waals surface area contributed by atoms with Gasteiger partial charge in [-0.1, -0.05) is 140 Å². The van der Waals surface area contributed by atoms with E-state index in [2.05, 4.69) is 67.0 Å². The smallest absolute Gasteiger partial charge is 0.472 e. The number of carbonyl (C=O) groups excluding carboxylic acids is 2. The van der Waals surface area contributed by atoms with Crippen molar-refractivity contribution in [2.45, 2.75) is 193 Å². The number of carboxylic acids is 1. The van der Waals surface area contributed by atoms with Gasteiger partial charge in [0.05, 0.1) is 13.2 Å². The average molecular weight is 812 g/mol. The third-order valence-electron chi connectivity index (χ3n) is 9.05. The second-order valence-corrected chi connectivity index (χ2v) is 15.9. The highest BCUT2D eigenvalue weighted by molar-refractivity contribution is 7.47. The summed E-state index contributed by atoms with van der Waals surface area (Å²) in [6, 6.07) is -1.53. The summed E-state index contributed by atoms with van der Waals surface area (Å²) >= 11 is 0. The standard InChI is InChI=1S/C44H78NO10P/c1-3-5-7-9-11-13-15-17-19-20-22-23-25-27-29-31-33-35-42(46)52-37-40(38-53-56(50,51)54-39-41(45)44(48)49)55-43(47)36-34-32-30-28-26-24-21-18-16-14-12-10-8-6-4-2/h12-15,18,21,26,28,40-41H,3-11,16-17,19-20,22-25,27,29-39,45H2,1-2H3,(H,48,49)(H,50,51)/b14-12+,15-13+,21-18+,28-26+/t40-,41+/m1/s1. The number of hydrogen-bond donors (Lipinski definition) is 3. The molecule has 56 heavy (non-hydrogen) atoms. The topological polar surface area (TPSA) is 172 Å². The van der Waals surface area contributed by atoms with Crippen LogP contribution in [-0.2, 0) is 37.5 Å². The van der Waals surface area contributed by atoms with Crippen molar-refractivity contribution in [3.63, 3.8) is 0 Å². The Morgan fingerprint density at radius 3 is 1.50 bits per heavy atom. The predicted octanol–water partition coefficient (Wildman–Crippen LogP) is 11.4. The number of phosphoric acid groups is 1. The Labute approximate surface area is 339 Å². The molecule has 0 amide bonds. The molecule has 3 atom stereocenters. The number of unbranched alkanes of at least 4 members (excludes halogenated alkanes) is 18. The zero-order valence-electron chi connectivity index (χ0n) is 35.0. The number of carbonyl (C=O) groups is 3. The molecule has 4 N–H and O–H groups in total. The molecule has 0 bridgehead atoms. The Balaban J connectivity index is 4.42. The van der Waals surface area contributed by atoms with Crippen molar-refractivity contribution < 1.29 is 47.5 Å². The van der Waals surface area contributed by atoms with Gasteiger partial charge in [-0.05, 0) is 77.0 Å². The SMILES string of the molecule is CCCCC/C=C/C/C=C/C/C=C/CCCCC(=O)O[C@H](COC(=O)CCCCCCCCCCC/C=C/CCCCCC)COP(=O)(O)OC[C@H](N)C(=O)O. The number of rotatable bonds is 40. The van der Waals surface area contributed by atoms with Gasteiger partial charge in [-0.3, -0.25) is 23.4 Å². The summed E-state index contributed by atoms with van der Waals surface area (Å²) < 4.78 is 32.6. The van der Waals surface area contributed by atoms with E-state index in [1.165, 1.54) is 89.9 Å². The van der Waals surface area contributed by atoms with Gasteiger partial charge in [-0.15, -0.1) is 0 Å². The van der Waals surface area contributed by atoms with Gasteiger partial charge >= 0.3 is 25.7 Å². The van der Waals surface area contributed by atoms with E-state index in [1.807, 2.05) is 0 Å². The van der Waals surface area contributed by atoms with E-state index in [0.717, 1.165) is 51.4 Å². The van der Waals surface area contributed by atoms with E-state index < -0.39 is 51.1 Å². The first-order chi connectivity index (χ1) is 27.1. The van der Waals surface area contributed by atoms with Gasteiger partial charge < -0.3 is 25.2 Å². The van der Waals surface area contributed by atoms with Crippen LogP contribution in [0.1, 0.15) is 181 Å². The second kappa shape index (κ2) is 39.3. The van der Waals surface area contributed by atoms with E-state index in [-0.39, 0.29) is 19.4 Å². The summed E-state index contributed by atoms with van der Waals surface area (Å²) in [5, 5.41) is 8.88. The molecule has 0 heterocycles. The lowest BCUT2D eigenvalue weighted by molar-refractivity contribution is -0.161. The van der Waals surface area contributed by atoms with Gasteiger partial charge in [-0.2, -0.15) is 0 Å². The summed E-state index contributed by atoms with van der Waals surface area (Å²) in [6.07, 6.45) is 43.2. The maximum atomic E-state index is 12.6. The van der Waals surface area contributed by atoms with E-state index in [0.29, 0.717) is 12.8 Å². The Hall–Kier alpha value is -2.56. The van der Waals surface area contributed by atoms with Gasteiger partial charge in [0.15, 0.2) is 6.10 Å². The molecule has 0 aromatic carbocycles. The van der Waals surface area contributed by atoms with Crippen molar-refractivity contribution in [2.75, 3.05) is 19.8 Å². The van der Waals surface area contributed by atoms with Crippen molar-refractivity contribution in [1.29, 1.82) is 0 Å². The van der Waals surface area contributed by atoms with Crippen LogP contribution in [0.3, 0.4) is 0 Å². The summed E-state index contributed by atoms with van der Waals surface area (Å²) in [7, 11) is -4.73. The van der Waals surface area contributed by atoms with E-state index in [9.17, 15) is 23.8 Å². The van der Waals surface area contributed by atoms with Crippen LogP contribution in [0.25, 0.3) is 0 Å². The fraction of sp³-hybridized carbons (Fsp3) is 0.750. The number of phosphoric ester groups is 1. The van der Waals surface area contributed by atoms with Crippen molar-refractivity contribution in [1.82, 2.24) is 0 Å². The molecule has 1 unspecified atom stereocenters. The number of allylic oxidation sites excluding steroid dienone is 8. The Morgan fingerprint density at radius 1 is 0.554 bits per heavy atom. The zero-order chi connectivity index (χ0) is 41.4. The Morgan fingerprint density at radius 2 is 0.946 bits per heavy atom. The Bertz CT molecular complexity index is 1140. The molecule has 324 valence electrons. The molecule has 0 aliphatic carbocycles. The molecular weight excluding hydrogens is 733 g/mol. The molecule has 0 rings (SSSR count). The molecule has 0 aromatic heterocycles. The van der Waals surface area contributed by atoms with E-state index in [1.54, 1.807) is 0 Å². The third kappa shape index (κ3) is 38.3. The molecule has 0 fully saturated rings. The van der Waals surface area contributed by atoms with Gasteiger partial charge in [-0.25, -0.2) is 4.57 Å². The highest BCUT2D eigenvalue weighted by Gasteiger charge is 2.28. The summed E-state index contributed by atoms with van der Waals surface area (Å²) in [5.41, 5.74) is 5.33. The second-order valence-electron chi connectivity index (χ2n) is 14.5. The molecule has 0 radical (unpaired) electrons. The number of aliphatic carboxylic acids is 1. The molecule has 12 heteroatoms. The van der Waals surface area contributed by atoms with E-state index >= 15 is 0 Å². The van der Waals surface area contributed by atoms with Crippen LogP contribution in [0.2, 0.25) is 0 Å². The molecule has 11 nitrogen and oxygen atoms in total. The van der Waals surface area contributed by atoms with Crippen molar-refractivity contribution in [3.05, 3.63) is 48.6 Å². The lowest BCUT2D eigenvalue weighted by atomic mass is 10.1. The van der Waals surface area contributed by atoms with Gasteiger partial charge in [0.1, 0.15) is 12.6 Å². The van der Waals surface area contributed by atoms with Crippen molar-refractivity contribution in [2.24, 2.45) is 5.73 Å². The third-order valence-corrected chi connectivity index (χ3v) is 10.0. The highest BCUT2D eigenvalue weighted by Crippen LogP contribution is 2.43. The predicted molar refractivity (Wildman–Crippen MR) is 226 cm³/mol. The normalized spacial score (nSPS) is 14.2.